The number of halogens is 1. The standard InChI is InChI=1S/C68H55ClN2O9/c1-4-70(5-2)51-25-28-59(66(72)73)64(36-51)79-39-46-15-11-19-56-49(31-50(69)35-61(46)56)32-52-24-20-41(3)71(52)53-26-29-60(67(74)75)65(37-53)80-40-47-23-27-57(58-18-9-8-17-55(47)58)44-22-21-43-34-63(62(68(76)77)33-48(43)30-44)78-38-45-14-10-13-42-12-6-7-16-54(42)45/h6-31,33-37H,4-5,32,38-40H2,1-3H3,(H,72,73)(H,74,75)(H,76,77). The molecule has 398 valence electrons. The topological polar surface area (TPSA) is 148 Å². The van der Waals surface area contributed by atoms with E-state index >= 15 is 0 Å². The average molecular weight is 1080 g/mol. The molecule has 1 heterocycles. The number of anilines is 1. The first-order valence-corrected chi connectivity index (χ1v) is 26.8. The van der Waals surface area contributed by atoms with E-state index in [1.807, 2.05) is 160 Å². The fourth-order valence-corrected chi connectivity index (χ4v) is 11.2. The van der Waals surface area contributed by atoms with Gasteiger partial charge in [0.2, 0.25) is 0 Å². The van der Waals surface area contributed by atoms with Crippen molar-refractivity contribution in [3.8, 4) is 34.1 Å². The molecule has 0 fully saturated rings. The molecular formula is C68H55ClN2O9. The Morgan fingerprint density at radius 3 is 1.77 bits per heavy atom. The van der Waals surface area contributed by atoms with Crippen LogP contribution in [0, 0.1) is 6.92 Å². The Bertz CT molecular complexity index is 4230. The van der Waals surface area contributed by atoms with Gasteiger partial charge in [0, 0.05) is 59.4 Å². The molecule has 11 aromatic rings. The van der Waals surface area contributed by atoms with Crippen molar-refractivity contribution in [3.05, 3.63) is 243 Å². The van der Waals surface area contributed by atoms with Gasteiger partial charge in [0.15, 0.2) is 0 Å². The normalized spacial score (nSPS) is 11.3. The Morgan fingerprint density at radius 1 is 0.475 bits per heavy atom. The third kappa shape index (κ3) is 10.5. The van der Waals surface area contributed by atoms with E-state index in [4.69, 9.17) is 25.8 Å². The highest BCUT2D eigenvalue weighted by molar-refractivity contribution is 6.31. The van der Waals surface area contributed by atoms with E-state index in [0.29, 0.717) is 17.2 Å². The van der Waals surface area contributed by atoms with Crippen LogP contribution in [-0.2, 0) is 26.2 Å². The van der Waals surface area contributed by atoms with Gasteiger partial charge in [0.05, 0.1) is 0 Å². The van der Waals surface area contributed by atoms with Gasteiger partial charge in [0.1, 0.15) is 53.8 Å². The summed E-state index contributed by atoms with van der Waals surface area (Å²) in [7, 11) is 0. The van der Waals surface area contributed by atoms with Gasteiger partial charge in [-0.1, -0.05) is 121 Å². The van der Waals surface area contributed by atoms with Gasteiger partial charge in [-0.05, 0) is 164 Å². The van der Waals surface area contributed by atoms with Crippen molar-refractivity contribution in [2.45, 2.75) is 47.0 Å². The molecule has 0 bridgehead atoms. The molecule has 0 saturated heterocycles. The summed E-state index contributed by atoms with van der Waals surface area (Å²) in [6.07, 6.45) is 0.472. The number of aromatic nitrogens is 1. The maximum atomic E-state index is 12.8. The molecule has 1 aromatic heterocycles. The Kier molecular flexibility index (Phi) is 14.7. The third-order valence-electron chi connectivity index (χ3n) is 15.0. The van der Waals surface area contributed by atoms with Crippen LogP contribution in [0.25, 0.3) is 59.9 Å². The van der Waals surface area contributed by atoms with Crippen LogP contribution in [0.3, 0.4) is 0 Å². The van der Waals surface area contributed by atoms with Crippen LogP contribution in [0.5, 0.6) is 17.2 Å². The zero-order valence-electron chi connectivity index (χ0n) is 44.2. The number of aryl methyl sites for hydroxylation is 1. The lowest BCUT2D eigenvalue weighted by Crippen LogP contribution is -2.22. The number of rotatable bonds is 19. The van der Waals surface area contributed by atoms with Gasteiger partial charge in [-0.25, -0.2) is 14.4 Å². The molecule has 0 aliphatic carbocycles. The molecule has 0 saturated carbocycles. The Hall–Kier alpha value is -9.58. The molecule has 0 aliphatic heterocycles. The first kappa shape index (κ1) is 52.5. The van der Waals surface area contributed by atoms with Crippen molar-refractivity contribution in [2.24, 2.45) is 0 Å². The zero-order valence-corrected chi connectivity index (χ0v) is 45.0. The molecular weight excluding hydrogens is 1020 g/mol. The van der Waals surface area contributed by atoms with Gasteiger partial charge in [-0.15, -0.1) is 0 Å². The summed E-state index contributed by atoms with van der Waals surface area (Å²) in [5.41, 5.74) is 9.06. The lowest BCUT2D eigenvalue weighted by Gasteiger charge is -2.22. The summed E-state index contributed by atoms with van der Waals surface area (Å²) in [5.74, 6) is -2.50. The molecule has 0 spiro atoms. The van der Waals surface area contributed by atoms with E-state index in [1.165, 1.54) is 0 Å². The van der Waals surface area contributed by atoms with Crippen LogP contribution < -0.4 is 19.1 Å². The maximum Gasteiger partial charge on any atom is 0.339 e. The minimum absolute atomic E-state index is 0.0193. The maximum absolute atomic E-state index is 12.8. The summed E-state index contributed by atoms with van der Waals surface area (Å²) >= 11 is 6.88. The number of fused-ring (bicyclic) bond motifs is 4. The molecule has 11 nitrogen and oxygen atoms in total. The lowest BCUT2D eigenvalue weighted by molar-refractivity contribution is 0.0680. The number of carboxylic acid groups (broad SMARTS) is 3. The van der Waals surface area contributed by atoms with Gasteiger partial charge in [-0.2, -0.15) is 0 Å². The number of hydrogen-bond acceptors (Lipinski definition) is 7. The molecule has 80 heavy (non-hydrogen) atoms. The van der Waals surface area contributed by atoms with Crippen LogP contribution in [0.1, 0.15) is 78.6 Å². The monoisotopic (exact) mass is 1080 g/mol. The van der Waals surface area contributed by atoms with Crippen molar-refractivity contribution in [2.75, 3.05) is 18.0 Å². The number of benzene rings is 10. The molecule has 0 atom stereocenters. The van der Waals surface area contributed by atoms with Crippen LogP contribution >= 0.6 is 11.6 Å². The highest BCUT2D eigenvalue weighted by Gasteiger charge is 2.21. The summed E-state index contributed by atoms with van der Waals surface area (Å²) < 4.78 is 21.1. The minimum Gasteiger partial charge on any atom is -0.488 e. The largest absolute Gasteiger partial charge is 0.488 e. The van der Waals surface area contributed by atoms with Crippen molar-refractivity contribution >= 4 is 78.3 Å². The highest BCUT2D eigenvalue weighted by atomic mass is 35.5. The number of ether oxygens (including phenoxy) is 3. The van der Waals surface area contributed by atoms with Crippen molar-refractivity contribution in [3.63, 3.8) is 0 Å². The van der Waals surface area contributed by atoms with Gasteiger partial charge in [-0.3, -0.25) is 0 Å². The molecule has 10 aromatic carbocycles. The molecule has 3 N–H and O–H groups in total. The van der Waals surface area contributed by atoms with Crippen LogP contribution in [0.2, 0.25) is 5.02 Å². The second kappa shape index (κ2) is 22.4. The number of carbonyl (C=O) groups is 3. The fourth-order valence-electron chi connectivity index (χ4n) is 10.9. The van der Waals surface area contributed by atoms with Crippen LogP contribution in [-0.4, -0.2) is 50.9 Å². The quantitative estimate of drug-likeness (QED) is 0.0715. The molecule has 0 radical (unpaired) electrons. The van der Waals surface area contributed by atoms with Gasteiger partial charge in [0.25, 0.3) is 0 Å². The van der Waals surface area contributed by atoms with E-state index in [-0.39, 0.29) is 48.0 Å². The Balaban J connectivity index is 0.852. The molecule has 0 unspecified atom stereocenters. The Labute approximate surface area is 467 Å². The number of nitrogens with zero attached hydrogens (tertiary/aromatic N) is 2. The summed E-state index contributed by atoms with van der Waals surface area (Å²) in [6.45, 7) is 8.01. The van der Waals surface area contributed by atoms with Crippen LogP contribution in [0.4, 0.5) is 5.69 Å². The predicted molar refractivity (Wildman–Crippen MR) is 317 cm³/mol. The van der Waals surface area contributed by atoms with Gasteiger partial charge >= 0.3 is 17.9 Å². The zero-order chi connectivity index (χ0) is 55.6. The van der Waals surface area contributed by atoms with E-state index in [2.05, 4.69) is 9.47 Å². The van der Waals surface area contributed by atoms with Crippen molar-refractivity contribution < 1.29 is 43.9 Å². The summed E-state index contributed by atoms with van der Waals surface area (Å²) in [6, 6.07) is 59.6. The van der Waals surface area contributed by atoms with Crippen molar-refractivity contribution in [1.82, 2.24) is 4.57 Å². The second-order valence-corrected chi connectivity index (χ2v) is 20.2. The van der Waals surface area contributed by atoms with E-state index < -0.39 is 17.9 Å². The SMILES string of the molecule is CCN(CC)c1ccc(C(=O)O)c(OCc2cccc3c(Cc4ccc(C)n4-c4ccc(C(=O)O)c(OCc5ccc(-c6ccc7cc(OCc8cccc9ccccc89)c(C(=O)O)cc7c6)c6ccccc56)c4)cc(Cl)cc23)c1. The van der Waals surface area contributed by atoms with Gasteiger partial charge < -0.3 is 39.0 Å². The first-order chi connectivity index (χ1) is 38.8. The predicted octanol–water partition coefficient (Wildman–Crippen LogP) is 16.0. The summed E-state index contributed by atoms with van der Waals surface area (Å²) in [5, 5.41) is 38.8. The minimum atomic E-state index is -1.12. The second-order valence-electron chi connectivity index (χ2n) is 19.7. The molecule has 12 heteroatoms. The number of carboxylic acids is 3. The smallest absolute Gasteiger partial charge is 0.339 e. The van der Waals surface area contributed by atoms with E-state index in [0.717, 1.165) is 112 Å². The Morgan fingerprint density at radius 2 is 1.06 bits per heavy atom. The number of aromatic carboxylic acids is 3. The van der Waals surface area contributed by atoms with E-state index in [1.54, 1.807) is 48.5 Å². The number of hydrogen-bond donors (Lipinski definition) is 3. The average Bonchev–Trinajstić information content (AvgIpc) is 3.84. The fraction of sp³-hybridized carbons (Fsp3) is 0.132. The highest BCUT2D eigenvalue weighted by Crippen LogP contribution is 2.38. The molecule has 0 amide bonds. The molecule has 0 aliphatic rings. The third-order valence-corrected chi connectivity index (χ3v) is 15.2. The molecule has 11 rings (SSSR count). The lowest BCUT2D eigenvalue weighted by atomic mass is 9.93. The van der Waals surface area contributed by atoms with Crippen LogP contribution in [0.15, 0.2) is 188 Å². The van der Waals surface area contributed by atoms with E-state index in [9.17, 15) is 29.7 Å². The summed E-state index contributed by atoms with van der Waals surface area (Å²) in [4.78, 5) is 39.8. The first-order valence-electron chi connectivity index (χ1n) is 26.4. The van der Waals surface area contributed by atoms with Crippen molar-refractivity contribution in [1.29, 1.82) is 0 Å².